The number of aryl methyl sites for hydroxylation is 1. The normalized spacial score (nSPS) is 10.8. The van der Waals surface area contributed by atoms with E-state index in [0.29, 0.717) is 11.1 Å². The monoisotopic (exact) mass is 381 g/mol. The number of nitrogens with one attached hydrogen (secondary N) is 1. The van der Waals surface area contributed by atoms with Gasteiger partial charge in [-0.25, -0.2) is 9.18 Å². The number of carbonyl (C=O) groups excluding carboxylic acids is 2. The Kier molecular flexibility index (Phi) is 6.88. The predicted octanol–water partition coefficient (Wildman–Crippen LogP) is 3.29. The molecule has 0 heterocycles. The molecule has 144 valence electrons. The van der Waals surface area contributed by atoms with E-state index in [4.69, 9.17) is 4.74 Å². The molecule has 7 heteroatoms. The van der Waals surface area contributed by atoms with Crippen molar-refractivity contribution in [2.75, 3.05) is 30.9 Å². The summed E-state index contributed by atoms with van der Waals surface area (Å²) in [5.41, 5.74) is 2.35. The average Bonchev–Trinajstić information content (AvgIpc) is 2.67. The quantitative estimate of drug-likeness (QED) is 0.472. The molecular weight excluding hydrogens is 361 g/mol. The number of nitrogens with zero attached hydrogens (tertiary/aromatic N) is 2. The van der Waals surface area contributed by atoms with Crippen LogP contribution >= 0.6 is 0 Å². The Morgan fingerprint density at radius 2 is 1.89 bits per heavy atom. The van der Waals surface area contributed by atoms with E-state index in [9.17, 15) is 19.2 Å². The molecule has 0 spiro atoms. The van der Waals surface area contributed by atoms with E-state index in [0.717, 1.165) is 5.69 Å². The van der Waals surface area contributed by atoms with Crippen molar-refractivity contribution >= 4 is 29.3 Å². The summed E-state index contributed by atoms with van der Waals surface area (Å²) in [7, 11) is 3.80. The molecule has 2 aromatic rings. The number of hydrogen-bond acceptors (Lipinski definition) is 5. The van der Waals surface area contributed by atoms with Crippen molar-refractivity contribution in [2.45, 2.75) is 6.92 Å². The molecule has 0 aliphatic carbocycles. The molecule has 0 atom stereocenters. The highest BCUT2D eigenvalue weighted by molar-refractivity contribution is 6.00. The van der Waals surface area contributed by atoms with Gasteiger partial charge >= 0.3 is 5.97 Å². The van der Waals surface area contributed by atoms with Crippen molar-refractivity contribution in [1.29, 1.82) is 5.26 Å². The van der Waals surface area contributed by atoms with Crippen LogP contribution < -0.4 is 10.2 Å². The summed E-state index contributed by atoms with van der Waals surface area (Å²) in [5.74, 6) is -2.03. The molecule has 6 nitrogen and oxygen atoms in total. The first-order chi connectivity index (χ1) is 13.3. The van der Waals surface area contributed by atoms with Crippen molar-refractivity contribution < 1.29 is 18.7 Å². The van der Waals surface area contributed by atoms with Gasteiger partial charge in [-0.2, -0.15) is 5.26 Å². The fraction of sp³-hybridized carbons (Fsp3) is 0.190. The third-order valence-electron chi connectivity index (χ3n) is 3.87. The van der Waals surface area contributed by atoms with Gasteiger partial charge in [-0.3, -0.25) is 4.79 Å². The van der Waals surface area contributed by atoms with Crippen LogP contribution in [0.2, 0.25) is 0 Å². The van der Waals surface area contributed by atoms with Crippen LogP contribution in [0, 0.1) is 24.1 Å². The standard InChI is InChI=1S/C21H20FN3O3/c1-14-4-7-17(22)11-19(14)24-20(26)13-28-21(27)16(12-23)10-15-5-8-18(9-6-15)25(2)3/h4-11H,13H2,1-3H3,(H,24,26)/b16-10+. The van der Waals surface area contributed by atoms with Gasteiger partial charge in [0.05, 0.1) is 0 Å². The Bertz CT molecular complexity index is 944. The van der Waals surface area contributed by atoms with Crippen molar-refractivity contribution in [3.05, 3.63) is 65.0 Å². The fourth-order valence-electron chi connectivity index (χ4n) is 2.30. The number of carbonyl (C=O) groups is 2. The van der Waals surface area contributed by atoms with Crippen LogP contribution in [0.4, 0.5) is 15.8 Å². The Morgan fingerprint density at radius 3 is 2.50 bits per heavy atom. The third kappa shape index (κ3) is 5.68. The lowest BCUT2D eigenvalue weighted by molar-refractivity contribution is -0.142. The van der Waals surface area contributed by atoms with Crippen LogP contribution in [0.5, 0.6) is 0 Å². The molecule has 2 rings (SSSR count). The Labute approximate surface area is 162 Å². The maximum atomic E-state index is 13.3. The van der Waals surface area contributed by atoms with Crippen molar-refractivity contribution in [3.63, 3.8) is 0 Å². The van der Waals surface area contributed by atoms with Crippen molar-refractivity contribution in [2.24, 2.45) is 0 Å². The number of nitriles is 1. The number of benzene rings is 2. The second-order valence-electron chi connectivity index (χ2n) is 6.24. The summed E-state index contributed by atoms with van der Waals surface area (Å²) in [6, 6.07) is 13.0. The summed E-state index contributed by atoms with van der Waals surface area (Å²) >= 11 is 0. The number of anilines is 2. The fourth-order valence-corrected chi connectivity index (χ4v) is 2.30. The molecule has 0 unspecified atom stereocenters. The topological polar surface area (TPSA) is 82.4 Å². The second kappa shape index (κ2) is 9.33. The SMILES string of the molecule is Cc1ccc(F)cc1NC(=O)COC(=O)/C(C#N)=C/c1ccc(N(C)C)cc1. The van der Waals surface area contributed by atoms with E-state index in [1.54, 1.807) is 25.1 Å². The van der Waals surface area contributed by atoms with Gasteiger partial charge in [0.1, 0.15) is 17.5 Å². The van der Waals surface area contributed by atoms with Crippen LogP contribution in [-0.4, -0.2) is 32.6 Å². The van der Waals surface area contributed by atoms with E-state index < -0.39 is 24.3 Å². The molecule has 0 saturated heterocycles. The van der Waals surface area contributed by atoms with Gasteiger partial charge in [-0.15, -0.1) is 0 Å². The second-order valence-corrected chi connectivity index (χ2v) is 6.24. The summed E-state index contributed by atoms with van der Waals surface area (Å²) in [6.45, 7) is 1.12. The number of ether oxygens (including phenoxy) is 1. The molecule has 0 aromatic heterocycles. The van der Waals surface area contributed by atoms with E-state index in [1.807, 2.05) is 31.1 Å². The summed E-state index contributed by atoms with van der Waals surface area (Å²) in [5, 5.41) is 11.7. The lowest BCUT2D eigenvalue weighted by Crippen LogP contribution is -2.21. The number of hydrogen-bond donors (Lipinski definition) is 1. The number of rotatable bonds is 6. The van der Waals surface area contributed by atoms with E-state index >= 15 is 0 Å². The average molecular weight is 381 g/mol. The van der Waals surface area contributed by atoms with E-state index in [1.165, 1.54) is 24.3 Å². The van der Waals surface area contributed by atoms with Crippen molar-refractivity contribution in [3.8, 4) is 6.07 Å². The van der Waals surface area contributed by atoms with Gasteiger partial charge in [0.25, 0.3) is 5.91 Å². The summed E-state index contributed by atoms with van der Waals surface area (Å²) in [4.78, 5) is 25.9. The smallest absolute Gasteiger partial charge is 0.349 e. The zero-order chi connectivity index (χ0) is 20.7. The highest BCUT2D eigenvalue weighted by atomic mass is 19.1. The minimum absolute atomic E-state index is 0.229. The minimum Gasteiger partial charge on any atom is -0.451 e. The summed E-state index contributed by atoms with van der Waals surface area (Å²) < 4.78 is 18.1. The van der Waals surface area contributed by atoms with Crippen LogP contribution in [0.3, 0.4) is 0 Å². The van der Waals surface area contributed by atoms with E-state index in [2.05, 4.69) is 5.32 Å². The number of amides is 1. The third-order valence-corrected chi connectivity index (χ3v) is 3.87. The number of esters is 1. The largest absolute Gasteiger partial charge is 0.451 e. The minimum atomic E-state index is -0.912. The molecule has 2 aromatic carbocycles. The van der Waals surface area contributed by atoms with Crippen molar-refractivity contribution in [1.82, 2.24) is 0 Å². The first-order valence-electron chi connectivity index (χ1n) is 8.42. The van der Waals surface area contributed by atoms with Gasteiger partial charge in [0.2, 0.25) is 0 Å². The van der Waals surface area contributed by atoms with Crippen LogP contribution in [0.25, 0.3) is 6.08 Å². The van der Waals surface area contributed by atoms with Gasteiger partial charge < -0.3 is 15.0 Å². The van der Waals surface area contributed by atoms with Gasteiger partial charge in [-0.1, -0.05) is 18.2 Å². The van der Waals surface area contributed by atoms with Gasteiger partial charge in [0, 0.05) is 25.5 Å². The zero-order valence-corrected chi connectivity index (χ0v) is 15.8. The predicted molar refractivity (Wildman–Crippen MR) is 105 cm³/mol. The van der Waals surface area contributed by atoms with Gasteiger partial charge in [0.15, 0.2) is 6.61 Å². The lowest BCUT2D eigenvalue weighted by Gasteiger charge is -2.12. The first-order valence-corrected chi connectivity index (χ1v) is 8.42. The molecule has 0 fully saturated rings. The van der Waals surface area contributed by atoms with Crippen LogP contribution in [0.1, 0.15) is 11.1 Å². The molecular formula is C21H20FN3O3. The maximum Gasteiger partial charge on any atom is 0.349 e. The maximum absolute atomic E-state index is 13.3. The lowest BCUT2D eigenvalue weighted by atomic mass is 10.1. The van der Waals surface area contributed by atoms with Crippen LogP contribution in [0.15, 0.2) is 48.0 Å². The molecule has 28 heavy (non-hydrogen) atoms. The van der Waals surface area contributed by atoms with Gasteiger partial charge in [-0.05, 0) is 48.4 Å². The highest BCUT2D eigenvalue weighted by Gasteiger charge is 2.14. The van der Waals surface area contributed by atoms with Crippen LogP contribution in [-0.2, 0) is 14.3 Å². The Hall–Kier alpha value is -3.66. The first kappa shape index (κ1) is 20.6. The molecule has 0 radical (unpaired) electrons. The molecule has 1 amide bonds. The van der Waals surface area contributed by atoms with E-state index in [-0.39, 0.29) is 11.3 Å². The molecule has 1 N–H and O–H groups in total. The molecule has 0 aliphatic rings. The zero-order valence-electron chi connectivity index (χ0n) is 15.8. The molecule has 0 saturated carbocycles. The Balaban J connectivity index is 1.99. The summed E-state index contributed by atoms with van der Waals surface area (Å²) in [6.07, 6.45) is 1.39. The Morgan fingerprint density at radius 1 is 1.21 bits per heavy atom. The molecule has 0 bridgehead atoms. The highest BCUT2D eigenvalue weighted by Crippen LogP contribution is 2.16. The molecule has 0 aliphatic heterocycles. The number of halogens is 1.